The summed E-state index contributed by atoms with van der Waals surface area (Å²) >= 11 is 4.20. The van der Waals surface area contributed by atoms with E-state index in [0.29, 0.717) is 61.1 Å². The molecule has 438 valence electrons. The first-order valence-electron chi connectivity index (χ1n) is 26.9. The Hall–Kier alpha value is -9.58. The molecule has 20 nitrogen and oxygen atoms in total. The van der Waals surface area contributed by atoms with Crippen LogP contribution < -0.4 is 41.1 Å². The molecule has 0 aliphatic heterocycles. The van der Waals surface area contributed by atoms with Gasteiger partial charge in [0.05, 0.1) is 7.11 Å². The van der Waals surface area contributed by atoms with Crippen LogP contribution in [0.15, 0.2) is 144 Å². The number of carbonyl (C=O) groups excluding carboxylic acids is 6. The highest BCUT2D eigenvalue weighted by atomic mass is 32.1. The Balaban J connectivity index is 0.000000183. The lowest BCUT2D eigenvalue weighted by Crippen LogP contribution is -2.24. The molecular formula is C62H65N13O7S3. The maximum atomic E-state index is 12.4. The molecule has 0 spiro atoms. The summed E-state index contributed by atoms with van der Waals surface area (Å²) in [4.78, 5) is 103. The average Bonchev–Trinajstić information content (AvgIpc) is 4.57. The summed E-state index contributed by atoms with van der Waals surface area (Å²) in [5.74, 6) is 0.303. The number of anilines is 4. The number of rotatable bonds is 19. The SMILES string of the molecule is CCC(=O)N(C)c1ccc(-c2nc(C(=O)NCc3cccnc3C)cs2)cc1.CCC(=O)N(C)c1ccc(-c2nc(C(=O)NCc3cccnc3N)cs2)cc1.CCC(=O)N(C)c1ccc(-c2nc(C(=O)NCc3cccnc3OC)cs2)cc1. The first-order valence-corrected chi connectivity index (χ1v) is 29.6. The van der Waals surface area contributed by atoms with E-state index < -0.39 is 0 Å². The Bertz CT molecular complexity index is 3580. The lowest BCUT2D eigenvalue weighted by molar-refractivity contribution is -0.118. The van der Waals surface area contributed by atoms with E-state index in [1.165, 1.54) is 34.0 Å². The molecule has 9 rings (SSSR count). The van der Waals surface area contributed by atoms with E-state index in [2.05, 4.69) is 45.9 Å². The topological polar surface area (TPSA) is 261 Å². The molecule has 85 heavy (non-hydrogen) atoms. The number of amides is 6. The second-order valence-electron chi connectivity index (χ2n) is 18.7. The number of aromatic nitrogens is 6. The summed E-state index contributed by atoms with van der Waals surface area (Å²) in [6, 6.07) is 33.7. The van der Waals surface area contributed by atoms with Gasteiger partial charge in [-0.25, -0.2) is 24.9 Å². The van der Waals surface area contributed by atoms with Crippen molar-refractivity contribution in [2.45, 2.75) is 66.6 Å². The van der Waals surface area contributed by atoms with Gasteiger partial charge in [-0.3, -0.25) is 33.8 Å². The minimum Gasteiger partial charge on any atom is -0.481 e. The number of nitrogen functional groups attached to an aromatic ring is 1. The Labute approximate surface area is 505 Å². The number of methoxy groups -OCH3 is 1. The molecule has 3 aromatic carbocycles. The highest BCUT2D eigenvalue weighted by Crippen LogP contribution is 2.30. The standard InChI is InChI=1S/C21H22N4O3S.C21H22N4O2S.C20H21N5O2S/c1-4-18(26)25(2)16-9-7-14(8-10-16)21-24-17(13-29-21)19(27)23-12-15-6-5-11-22-20(15)28-3;1-4-19(26)25(3)17-9-7-15(8-10-17)21-24-18(13-28-21)20(27)23-12-16-6-5-11-22-14(16)2;1-3-17(26)25(2)15-8-6-13(7-9-15)20-24-16(12-28-20)19(27)23-11-14-5-4-10-22-18(14)21/h5-11,13H,4,12H2,1-3H3,(H,23,27);5-11,13H,4,12H2,1-3H3,(H,23,27);4-10,12H,3,11H2,1-2H3,(H2,21,22)(H,23,27). The van der Waals surface area contributed by atoms with Crippen LogP contribution in [0.5, 0.6) is 5.88 Å². The monoisotopic (exact) mass is 1200 g/mol. The van der Waals surface area contributed by atoms with Gasteiger partial charge < -0.3 is 41.1 Å². The minimum absolute atomic E-state index is 0.0511. The quantitative estimate of drug-likeness (QED) is 0.0587. The Morgan fingerprint density at radius 1 is 0.471 bits per heavy atom. The molecule has 5 N–H and O–H groups in total. The van der Waals surface area contributed by atoms with E-state index in [9.17, 15) is 28.8 Å². The number of carbonyl (C=O) groups is 6. The number of benzene rings is 3. The van der Waals surface area contributed by atoms with Gasteiger partial charge in [0.1, 0.15) is 37.9 Å². The zero-order valence-electron chi connectivity index (χ0n) is 48.3. The van der Waals surface area contributed by atoms with Crippen LogP contribution in [0.2, 0.25) is 0 Å². The third-order valence-electron chi connectivity index (χ3n) is 13.1. The molecule has 0 aliphatic carbocycles. The van der Waals surface area contributed by atoms with Gasteiger partial charge in [0.15, 0.2) is 0 Å². The van der Waals surface area contributed by atoms with Crippen molar-refractivity contribution in [2.24, 2.45) is 0 Å². The van der Waals surface area contributed by atoms with Crippen molar-refractivity contribution in [2.75, 3.05) is 48.7 Å². The van der Waals surface area contributed by atoms with Crippen LogP contribution in [0.1, 0.15) is 93.9 Å². The zero-order chi connectivity index (χ0) is 61.0. The molecule has 9 aromatic rings. The Morgan fingerprint density at radius 2 is 0.800 bits per heavy atom. The predicted molar refractivity (Wildman–Crippen MR) is 336 cm³/mol. The molecule has 0 unspecified atom stereocenters. The highest BCUT2D eigenvalue weighted by molar-refractivity contribution is 7.14. The van der Waals surface area contributed by atoms with E-state index >= 15 is 0 Å². The molecule has 0 bridgehead atoms. The van der Waals surface area contributed by atoms with E-state index in [0.717, 1.165) is 71.2 Å². The number of thiazole rings is 3. The third-order valence-corrected chi connectivity index (χ3v) is 15.8. The summed E-state index contributed by atoms with van der Waals surface area (Å²) in [5.41, 5.74) is 15.5. The number of nitrogens with two attached hydrogens (primary N) is 1. The second-order valence-corrected chi connectivity index (χ2v) is 21.3. The Kier molecular flexibility index (Phi) is 22.7. The number of pyridine rings is 3. The number of aryl methyl sites for hydroxylation is 1. The summed E-state index contributed by atoms with van der Waals surface area (Å²) in [7, 11) is 6.81. The maximum Gasteiger partial charge on any atom is 0.271 e. The van der Waals surface area contributed by atoms with Gasteiger partial charge in [0.25, 0.3) is 17.7 Å². The van der Waals surface area contributed by atoms with Gasteiger partial charge in [0.2, 0.25) is 23.6 Å². The highest BCUT2D eigenvalue weighted by Gasteiger charge is 2.18. The normalized spacial score (nSPS) is 10.5. The number of hydrogen-bond donors (Lipinski definition) is 4. The zero-order valence-corrected chi connectivity index (χ0v) is 50.7. The van der Waals surface area contributed by atoms with Crippen LogP contribution in [-0.4, -0.2) is 93.6 Å². The molecule has 6 amide bonds. The van der Waals surface area contributed by atoms with E-state index in [1.807, 2.05) is 125 Å². The fraction of sp³-hybridized carbons (Fsp3) is 0.226. The molecule has 0 saturated carbocycles. The molecule has 0 fully saturated rings. The van der Waals surface area contributed by atoms with Gasteiger partial charge >= 0.3 is 0 Å². The number of hydrogen-bond acceptors (Lipinski definition) is 17. The molecule has 0 radical (unpaired) electrons. The Morgan fingerprint density at radius 3 is 1.15 bits per heavy atom. The fourth-order valence-electron chi connectivity index (χ4n) is 8.00. The maximum absolute atomic E-state index is 12.4. The molecule has 0 saturated heterocycles. The van der Waals surface area contributed by atoms with Crippen LogP contribution in [0, 0.1) is 6.92 Å². The van der Waals surface area contributed by atoms with Gasteiger partial charge in [0, 0.05) is 145 Å². The van der Waals surface area contributed by atoms with Gasteiger partial charge in [-0.15, -0.1) is 34.0 Å². The molecule has 6 heterocycles. The van der Waals surface area contributed by atoms with Gasteiger partial charge in [-0.2, -0.15) is 0 Å². The van der Waals surface area contributed by atoms with Gasteiger partial charge in [-0.05, 0) is 103 Å². The van der Waals surface area contributed by atoms with Crippen LogP contribution in [0.3, 0.4) is 0 Å². The van der Waals surface area contributed by atoms with E-state index in [4.69, 9.17) is 10.5 Å². The predicted octanol–water partition coefficient (Wildman–Crippen LogP) is 10.4. The lowest BCUT2D eigenvalue weighted by atomic mass is 10.2. The van der Waals surface area contributed by atoms with Crippen molar-refractivity contribution < 1.29 is 33.5 Å². The molecule has 23 heteroatoms. The summed E-state index contributed by atoms with van der Waals surface area (Å²) in [6.45, 7) is 8.42. The number of nitrogens with zero attached hydrogens (tertiary/aromatic N) is 9. The van der Waals surface area contributed by atoms with Crippen molar-refractivity contribution in [3.63, 3.8) is 0 Å². The minimum atomic E-state index is -0.268. The fourth-order valence-corrected chi connectivity index (χ4v) is 10.4. The van der Waals surface area contributed by atoms with Crippen molar-refractivity contribution in [1.29, 1.82) is 0 Å². The largest absolute Gasteiger partial charge is 0.481 e. The first-order chi connectivity index (χ1) is 41.0. The number of ether oxygens (including phenoxy) is 1. The van der Waals surface area contributed by atoms with Crippen molar-refractivity contribution in [3.05, 3.63) is 183 Å². The molecule has 6 aromatic heterocycles. The van der Waals surface area contributed by atoms with Gasteiger partial charge in [-0.1, -0.05) is 39.0 Å². The molecular weight excluding hydrogens is 1130 g/mol. The van der Waals surface area contributed by atoms with E-state index in [-0.39, 0.29) is 42.0 Å². The van der Waals surface area contributed by atoms with E-state index in [1.54, 1.807) is 89.8 Å². The molecule has 0 atom stereocenters. The first kappa shape index (κ1) is 63.0. The summed E-state index contributed by atoms with van der Waals surface area (Å²) < 4.78 is 5.19. The van der Waals surface area contributed by atoms with Crippen LogP contribution in [0.25, 0.3) is 31.7 Å². The van der Waals surface area contributed by atoms with Crippen molar-refractivity contribution in [1.82, 2.24) is 45.9 Å². The smallest absolute Gasteiger partial charge is 0.271 e. The summed E-state index contributed by atoms with van der Waals surface area (Å²) in [6.07, 6.45) is 6.34. The van der Waals surface area contributed by atoms with Crippen molar-refractivity contribution >= 4 is 92.3 Å². The lowest BCUT2D eigenvalue weighted by Gasteiger charge is -2.16. The number of nitrogens with one attached hydrogen (secondary N) is 3. The van der Waals surface area contributed by atoms with Crippen LogP contribution in [0.4, 0.5) is 22.9 Å². The average molecular weight is 1200 g/mol. The third kappa shape index (κ3) is 17.0. The van der Waals surface area contributed by atoms with Crippen LogP contribution >= 0.6 is 34.0 Å². The van der Waals surface area contributed by atoms with Crippen molar-refractivity contribution in [3.8, 4) is 37.6 Å². The van der Waals surface area contributed by atoms with Crippen LogP contribution in [-0.2, 0) is 34.0 Å². The summed E-state index contributed by atoms with van der Waals surface area (Å²) in [5, 5.41) is 16.0. The second kappa shape index (κ2) is 30.6. The molecule has 0 aliphatic rings.